The van der Waals surface area contributed by atoms with E-state index in [1.54, 1.807) is 24.3 Å². The lowest BCUT2D eigenvalue weighted by molar-refractivity contribution is 0.407. The highest BCUT2D eigenvalue weighted by Gasteiger charge is 2.22. The molecule has 0 aliphatic carbocycles. The molecule has 3 N–H and O–H groups in total. The SMILES string of the molecule is Cc1ccc(O)cc1N(c1cc(O)ccc1C)c1ccccc1Oc1c(C)ccc(C)c1O. The molecule has 0 spiro atoms. The van der Waals surface area contributed by atoms with Gasteiger partial charge in [-0.15, -0.1) is 0 Å². The number of hydrogen-bond donors (Lipinski definition) is 3. The van der Waals surface area contributed by atoms with E-state index in [0.717, 1.165) is 33.6 Å². The van der Waals surface area contributed by atoms with E-state index in [0.29, 0.717) is 17.2 Å². The van der Waals surface area contributed by atoms with Crippen LogP contribution >= 0.6 is 0 Å². The summed E-state index contributed by atoms with van der Waals surface area (Å²) in [5.74, 6) is 1.26. The van der Waals surface area contributed by atoms with Crippen molar-refractivity contribution in [2.24, 2.45) is 0 Å². The number of ether oxygens (including phenoxy) is 1. The third-order valence-electron chi connectivity index (χ3n) is 5.72. The van der Waals surface area contributed by atoms with Crippen LogP contribution in [0, 0.1) is 27.7 Å². The van der Waals surface area contributed by atoms with Gasteiger partial charge < -0.3 is 25.0 Å². The number of rotatable bonds is 5. The normalized spacial score (nSPS) is 10.8. The number of phenolic OH excluding ortho intramolecular Hbond substituents is 3. The van der Waals surface area contributed by atoms with Gasteiger partial charge in [0, 0.05) is 12.1 Å². The van der Waals surface area contributed by atoms with E-state index in [1.165, 1.54) is 0 Å². The minimum absolute atomic E-state index is 0.0958. The Labute approximate surface area is 193 Å². The average molecular weight is 442 g/mol. The lowest BCUT2D eigenvalue weighted by Gasteiger charge is -2.30. The Morgan fingerprint density at radius 1 is 0.576 bits per heavy atom. The number of benzene rings is 4. The number of para-hydroxylation sites is 2. The minimum Gasteiger partial charge on any atom is -0.508 e. The molecule has 5 heteroatoms. The molecule has 0 fully saturated rings. The van der Waals surface area contributed by atoms with E-state index in [2.05, 4.69) is 0 Å². The Morgan fingerprint density at radius 2 is 1.09 bits per heavy atom. The third kappa shape index (κ3) is 4.30. The Kier molecular flexibility index (Phi) is 5.88. The molecular weight excluding hydrogens is 414 g/mol. The molecule has 0 amide bonds. The molecule has 0 heterocycles. The molecule has 0 saturated carbocycles. The number of hydrogen-bond acceptors (Lipinski definition) is 5. The third-order valence-corrected chi connectivity index (χ3v) is 5.72. The zero-order chi connectivity index (χ0) is 23.7. The number of aromatic hydroxyl groups is 3. The van der Waals surface area contributed by atoms with Gasteiger partial charge in [0.15, 0.2) is 17.2 Å². The maximum atomic E-state index is 10.7. The summed E-state index contributed by atoms with van der Waals surface area (Å²) in [7, 11) is 0. The lowest BCUT2D eigenvalue weighted by atomic mass is 10.1. The van der Waals surface area contributed by atoms with Crippen molar-refractivity contribution in [3.63, 3.8) is 0 Å². The van der Waals surface area contributed by atoms with Crippen LogP contribution in [-0.2, 0) is 0 Å². The molecule has 0 aliphatic rings. The zero-order valence-electron chi connectivity index (χ0n) is 19.1. The van der Waals surface area contributed by atoms with Gasteiger partial charge in [-0.3, -0.25) is 0 Å². The number of aryl methyl sites for hydroxylation is 4. The van der Waals surface area contributed by atoms with Crippen LogP contribution in [-0.4, -0.2) is 15.3 Å². The molecule has 0 bridgehead atoms. The molecular formula is C28H27NO4. The number of phenols is 3. The van der Waals surface area contributed by atoms with Gasteiger partial charge in [-0.25, -0.2) is 0 Å². The molecule has 33 heavy (non-hydrogen) atoms. The van der Waals surface area contributed by atoms with Crippen LogP contribution in [0.2, 0.25) is 0 Å². The number of anilines is 3. The van der Waals surface area contributed by atoms with Gasteiger partial charge in [-0.1, -0.05) is 36.4 Å². The molecule has 4 aromatic carbocycles. The maximum absolute atomic E-state index is 10.7. The van der Waals surface area contributed by atoms with Gasteiger partial charge in [0.05, 0.1) is 17.1 Å². The Morgan fingerprint density at radius 3 is 1.70 bits per heavy atom. The first kappa shape index (κ1) is 22.1. The maximum Gasteiger partial charge on any atom is 0.172 e. The summed E-state index contributed by atoms with van der Waals surface area (Å²) in [6.45, 7) is 7.62. The Hall–Kier alpha value is -4.12. The smallest absolute Gasteiger partial charge is 0.172 e. The molecule has 4 aromatic rings. The highest BCUT2D eigenvalue weighted by molar-refractivity contribution is 5.84. The van der Waals surface area contributed by atoms with Gasteiger partial charge in [0.25, 0.3) is 0 Å². The molecule has 0 aliphatic heterocycles. The Bertz CT molecular complexity index is 1280. The molecule has 0 unspecified atom stereocenters. The topological polar surface area (TPSA) is 73.2 Å². The van der Waals surface area contributed by atoms with Crippen LogP contribution < -0.4 is 9.64 Å². The summed E-state index contributed by atoms with van der Waals surface area (Å²) < 4.78 is 6.30. The van der Waals surface area contributed by atoms with Crippen molar-refractivity contribution in [2.75, 3.05) is 4.90 Å². The zero-order valence-corrected chi connectivity index (χ0v) is 19.1. The largest absolute Gasteiger partial charge is 0.508 e. The summed E-state index contributed by atoms with van der Waals surface area (Å²) in [6, 6.07) is 21.6. The highest BCUT2D eigenvalue weighted by Crippen LogP contribution is 2.47. The predicted molar refractivity (Wildman–Crippen MR) is 132 cm³/mol. The van der Waals surface area contributed by atoms with E-state index in [1.807, 2.05) is 81.1 Å². The van der Waals surface area contributed by atoms with Crippen molar-refractivity contribution >= 4 is 17.1 Å². The molecule has 4 rings (SSSR count). The molecule has 5 nitrogen and oxygen atoms in total. The fourth-order valence-corrected chi connectivity index (χ4v) is 3.80. The van der Waals surface area contributed by atoms with Crippen LogP contribution in [0.4, 0.5) is 17.1 Å². The summed E-state index contributed by atoms with van der Waals surface area (Å²) in [5, 5.41) is 31.2. The van der Waals surface area contributed by atoms with E-state index in [-0.39, 0.29) is 17.2 Å². The van der Waals surface area contributed by atoms with Gasteiger partial charge >= 0.3 is 0 Å². The van der Waals surface area contributed by atoms with E-state index < -0.39 is 0 Å². The van der Waals surface area contributed by atoms with Gasteiger partial charge in [-0.05, 0) is 74.2 Å². The van der Waals surface area contributed by atoms with Crippen molar-refractivity contribution in [3.05, 3.63) is 95.1 Å². The van der Waals surface area contributed by atoms with Crippen molar-refractivity contribution < 1.29 is 20.1 Å². The predicted octanol–water partition coefficient (Wildman–Crippen LogP) is 7.30. The van der Waals surface area contributed by atoms with Crippen molar-refractivity contribution in [2.45, 2.75) is 27.7 Å². The summed E-state index contributed by atoms with van der Waals surface area (Å²) >= 11 is 0. The Balaban J connectivity index is 1.96. The highest BCUT2D eigenvalue weighted by atomic mass is 16.5. The van der Waals surface area contributed by atoms with Crippen LogP contribution in [0.15, 0.2) is 72.8 Å². The van der Waals surface area contributed by atoms with Crippen LogP contribution in [0.1, 0.15) is 22.3 Å². The molecule has 0 saturated heterocycles. The first-order valence-corrected chi connectivity index (χ1v) is 10.7. The first-order chi connectivity index (χ1) is 15.8. The van der Waals surface area contributed by atoms with Crippen molar-refractivity contribution in [1.29, 1.82) is 0 Å². The minimum atomic E-state index is 0.0958. The van der Waals surface area contributed by atoms with Gasteiger partial charge in [0.1, 0.15) is 11.5 Å². The molecule has 0 radical (unpaired) electrons. The van der Waals surface area contributed by atoms with E-state index >= 15 is 0 Å². The average Bonchev–Trinajstić information content (AvgIpc) is 2.79. The molecule has 168 valence electrons. The monoisotopic (exact) mass is 441 g/mol. The molecule has 0 aromatic heterocycles. The fraction of sp³-hybridized carbons (Fsp3) is 0.143. The second-order valence-corrected chi connectivity index (χ2v) is 8.22. The second-order valence-electron chi connectivity index (χ2n) is 8.22. The number of nitrogens with zero attached hydrogens (tertiary/aromatic N) is 1. The standard InChI is InChI=1S/C28H27NO4/c1-17-11-13-21(30)15-24(17)29(25-16-22(31)14-12-18(25)2)23-7-5-6-8-26(23)33-28-20(4)10-9-19(3)27(28)32/h5-16,30-32H,1-4H3. The van der Waals surface area contributed by atoms with Crippen molar-refractivity contribution in [1.82, 2.24) is 0 Å². The molecule has 0 atom stereocenters. The van der Waals surface area contributed by atoms with E-state index in [9.17, 15) is 15.3 Å². The summed E-state index contributed by atoms with van der Waals surface area (Å²) in [6.07, 6.45) is 0. The second kappa shape index (κ2) is 8.79. The van der Waals surface area contributed by atoms with Crippen molar-refractivity contribution in [3.8, 4) is 28.7 Å². The first-order valence-electron chi connectivity index (χ1n) is 10.7. The van der Waals surface area contributed by atoms with Crippen LogP contribution in [0.5, 0.6) is 28.7 Å². The van der Waals surface area contributed by atoms with Crippen LogP contribution in [0.3, 0.4) is 0 Å². The summed E-state index contributed by atoms with van der Waals surface area (Å²) in [4.78, 5) is 1.95. The quantitative estimate of drug-likeness (QED) is 0.303. The van der Waals surface area contributed by atoms with E-state index in [4.69, 9.17) is 4.74 Å². The van der Waals surface area contributed by atoms with Gasteiger partial charge in [-0.2, -0.15) is 0 Å². The summed E-state index contributed by atoms with van der Waals surface area (Å²) in [5.41, 5.74) is 5.56. The van der Waals surface area contributed by atoms with Crippen LogP contribution in [0.25, 0.3) is 0 Å². The fourth-order valence-electron chi connectivity index (χ4n) is 3.80. The lowest BCUT2D eigenvalue weighted by Crippen LogP contribution is -2.13. The van der Waals surface area contributed by atoms with Gasteiger partial charge in [0.2, 0.25) is 0 Å².